The molecule has 0 unspecified atom stereocenters. The van der Waals surface area contributed by atoms with Gasteiger partial charge in [-0.2, -0.15) is 0 Å². The number of benzene rings is 3. The number of rotatable bonds is 15. The Kier molecular flexibility index (Phi) is 9.74. The van der Waals surface area contributed by atoms with Crippen LogP contribution < -0.4 is 10.0 Å². The third-order valence-corrected chi connectivity index (χ3v) is 8.62. The number of carbonyl (C=O) groups is 2. The monoisotopic (exact) mass is 624 g/mol. The summed E-state index contributed by atoms with van der Waals surface area (Å²) in [6.07, 6.45) is 1.85. The molecule has 3 aromatic carbocycles. The van der Waals surface area contributed by atoms with E-state index in [0.717, 1.165) is 24.0 Å². The molecule has 1 saturated carbocycles. The lowest BCUT2D eigenvalue weighted by Gasteiger charge is -2.12. The van der Waals surface area contributed by atoms with Gasteiger partial charge >= 0.3 is 5.97 Å². The lowest BCUT2D eigenvalue weighted by molar-refractivity contribution is 0.0426. The number of carboxylic acid groups (broad SMARTS) is 1. The first kappa shape index (κ1) is 31.3. The van der Waals surface area contributed by atoms with Gasteiger partial charge in [0, 0.05) is 24.5 Å². The number of halogens is 1. The highest BCUT2D eigenvalue weighted by molar-refractivity contribution is 7.88. The Morgan fingerprint density at radius 2 is 1.70 bits per heavy atom. The maximum atomic E-state index is 13.6. The first-order valence-electron chi connectivity index (χ1n) is 14.2. The third-order valence-electron chi connectivity index (χ3n) is 7.28. The predicted octanol–water partition coefficient (Wildman–Crippen LogP) is 4.83. The molecule has 1 amide bonds. The zero-order chi connectivity index (χ0) is 31.3. The topological polar surface area (TPSA) is 144 Å². The zero-order valence-electron chi connectivity index (χ0n) is 24.1. The number of furan rings is 1. The van der Waals surface area contributed by atoms with Crippen molar-refractivity contribution in [2.75, 3.05) is 33.4 Å². The summed E-state index contributed by atoms with van der Waals surface area (Å²) < 4.78 is 59.3. The smallest absolute Gasteiger partial charge is 0.335 e. The van der Waals surface area contributed by atoms with Crippen molar-refractivity contribution in [1.82, 2.24) is 10.0 Å². The van der Waals surface area contributed by atoms with Crippen LogP contribution in [0.25, 0.3) is 22.3 Å². The van der Waals surface area contributed by atoms with E-state index in [-0.39, 0.29) is 48.7 Å². The summed E-state index contributed by atoms with van der Waals surface area (Å²) in [5.74, 6) is -1.53. The van der Waals surface area contributed by atoms with Crippen molar-refractivity contribution in [3.05, 3.63) is 94.3 Å². The van der Waals surface area contributed by atoms with Crippen molar-refractivity contribution in [2.45, 2.75) is 31.1 Å². The molecule has 1 heterocycles. The molecule has 1 aromatic heterocycles. The van der Waals surface area contributed by atoms with Crippen LogP contribution in [0.15, 0.2) is 65.1 Å². The van der Waals surface area contributed by atoms with Gasteiger partial charge in [0.2, 0.25) is 10.0 Å². The normalized spacial score (nSPS) is 13.3. The van der Waals surface area contributed by atoms with E-state index in [9.17, 15) is 22.4 Å². The van der Waals surface area contributed by atoms with Crippen LogP contribution in [-0.2, 0) is 31.9 Å². The summed E-state index contributed by atoms with van der Waals surface area (Å²) in [4.78, 5) is 23.8. The average Bonchev–Trinajstić information content (AvgIpc) is 3.78. The van der Waals surface area contributed by atoms with Crippen LogP contribution in [0.5, 0.6) is 0 Å². The molecule has 232 valence electrons. The SMILES string of the molecule is CNC(=O)c1c(-c2ccc(F)cc2)oc2cc(CS(=O)(=O)NCCOCCOCc3ccc(C(=O)O)cc3)c(C3CC3)cc12. The molecule has 0 bridgehead atoms. The van der Waals surface area contributed by atoms with Gasteiger partial charge in [-0.25, -0.2) is 22.3 Å². The van der Waals surface area contributed by atoms with Crippen LogP contribution in [-0.4, -0.2) is 58.8 Å². The van der Waals surface area contributed by atoms with Gasteiger partial charge in [-0.1, -0.05) is 12.1 Å². The molecule has 0 radical (unpaired) electrons. The fourth-order valence-corrected chi connectivity index (χ4v) is 6.09. The molecule has 1 fully saturated rings. The van der Waals surface area contributed by atoms with Crippen LogP contribution in [0.1, 0.15) is 56.2 Å². The minimum Gasteiger partial charge on any atom is -0.478 e. The lowest BCUT2D eigenvalue weighted by Crippen LogP contribution is -2.29. The molecule has 1 aliphatic carbocycles. The summed E-state index contributed by atoms with van der Waals surface area (Å²) in [7, 11) is -2.20. The molecule has 5 rings (SSSR count). The van der Waals surface area contributed by atoms with Crippen molar-refractivity contribution < 1.29 is 41.4 Å². The fourth-order valence-electron chi connectivity index (χ4n) is 4.93. The molecule has 0 spiro atoms. The average molecular weight is 625 g/mol. The largest absolute Gasteiger partial charge is 0.478 e. The van der Waals surface area contributed by atoms with Crippen LogP contribution in [0.3, 0.4) is 0 Å². The summed E-state index contributed by atoms with van der Waals surface area (Å²) >= 11 is 0. The summed E-state index contributed by atoms with van der Waals surface area (Å²) in [6.45, 7) is 1.09. The first-order chi connectivity index (χ1) is 21.1. The molecular formula is C32H33FN2O8S. The molecule has 10 nitrogen and oxygen atoms in total. The van der Waals surface area contributed by atoms with Crippen molar-refractivity contribution in [3.8, 4) is 11.3 Å². The van der Waals surface area contributed by atoms with Crippen LogP contribution in [0.4, 0.5) is 4.39 Å². The second kappa shape index (κ2) is 13.7. The Morgan fingerprint density at radius 3 is 2.36 bits per heavy atom. The summed E-state index contributed by atoms with van der Waals surface area (Å²) in [5, 5.41) is 12.2. The van der Waals surface area contributed by atoms with Crippen molar-refractivity contribution in [1.29, 1.82) is 0 Å². The highest BCUT2D eigenvalue weighted by Gasteiger charge is 2.31. The zero-order valence-corrected chi connectivity index (χ0v) is 24.9. The molecule has 44 heavy (non-hydrogen) atoms. The Bertz CT molecular complexity index is 1750. The van der Waals surface area contributed by atoms with E-state index in [0.29, 0.717) is 40.9 Å². The number of fused-ring (bicyclic) bond motifs is 1. The summed E-state index contributed by atoms with van der Waals surface area (Å²) in [6, 6.07) is 15.6. The standard InChI is InChI=1S/C32H33FN2O8S/c1-34-31(36)29-27-17-26(21-6-7-21)24(16-28(27)43-30(29)22-8-10-25(33)11-9-22)19-44(39,40)35-12-13-41-14-15-42-18-20-2-4-23(5-3-20)32(37)38/h2-5,8-11,16-17,21,35H,6-7,12-15,18-19H2,1H3,(H,34,36)(H,37,38). The number of hydrogen-bond donors (Lipinski definition) is 3. The van der Waals surface area contributed by atoms with Gasteiger partial charge in [0.15, 0.2) is 0 Å². The highest BCUT2D eigenvalue weighted by Crippen LogP contribution is 2.45. The minimum atomic E-state index is -3.72. The van der Waals surface area contributed by atoms with Gasteiger partial charge in [-0.3, -0.25) is 4.79 Å². The van der Waals surface area contributed by atoms with E-state index >= 15 is 0 Å². The molecule has 0 aliphatic heterocycles. The quantitative estimate of drug-likeness (QED) is 0.160. The van der Waals surface area contributed by atoms with Crippen molar-refractivity contribution >= 4 is 32.9 Å². The minimum absolute atomic E-state index is 0.0796. The lowest BCUT2D eigenvalue weighted by atomic mass is 9.98. The highest BCUT2D eigenvalue weighted by atomic mass is 32.2. The number of ether oxygens (including phenoxy) is 2. The molecule has 3 N–H and O–H groups in total. The Hall–Kier alpha value is -4.10. The number of hydrogen-bond acceptors (Lipinski definition) is 7. The van der Waals surface area contributed by atoms with E-state index < -0.39 is 21.8 Å². The fraction of sp³-hybridized carbons (Fsp3) is 0.312. The number of carbonyl (C=O) groups excluding carboxylic acids is 1. The third kappa shape index (κ3) is 7.69. The number of carboxylic acids is 1. The van der Waals surface area contributed by atoms with E-state index in [4.69, 9.17) is 19.0 Å². The Labute approximate surface area is 254 Å². The molecule has 1 aliphatic rings. The van der Waals surface area contributed by atoms with Gasteiger partial charge in [0.1, 0.15) is 17.2 Å². The van der Waals surface area contributed by atoms with Crippen LogP contribution >= 0.6 is 0 Å². The van der Waals surface area contributed by atoms with Crippen molar-refractivity contribution in [2.24, 2.45) is 0 Å². The van der Waals surface area contributed by atoms with Gasteiger partial charge in [0.25, 0.3) is 5.91 Å². The van der Waals surface area contributed by atoms with Crippen LogP contribution in [0, 0.1) is 5.82 Å². The van der Waals surface area contributed by atoms with Gasteiger partial charge < -0.3 is 24.3 Å². The summed E-state index contributed by atoms with van der Waals surface area (Å²) in [5.41, 5.74) is 3.73. The maximum absolute atomic E-state index is 13.6. The predicted molar refractivity (Wildman–Crippen MR) is 161 cm³/mol. The number of amides is 1. The molecule has 0 saturated heterocycles. The Morgan fingerprint density at radius 1 is 1.00 bits per heavy atom. The van der Waals surface area contributed by atoms with Gasteiger partial charge in [-0.15, -0.1) is 0 Å². The van der Waals surface area contributed by atoms with Gasteiger partial charge in [0.05, 0.1) is 43.3 Å². The van der Waals surface area contributed by atoms with E-state index in [1.165, 1.54) is 43.4 Å². The van der Waals surface area contributed by atoms with E-state index in [1.54, 1.807) is 18.2 Å². The first-order valence-corrected chi connectivity index (χ1v) is 15.8. The number of sulfonamides is 1. The van der Waals surface area contributed by atoms with Gasteiger partial charge in [-0.05, 0) is 84.0 Å². The maximum Gasteiger partial charge on any atom is 0.335 e. The second-order valence-corrected chi connectivity index (χ2v) is 12.3. The van der Waals surface area contributed by atoms with Crippen LogP contribution in [0.2, 0.25) is 0 Å². The molecule has 12 heteroatoms. The second-order valence-electron chi connectivity index (χ2n) is 10.5. The number of aromatic carboxylic acids is 1. The molecule has 0 atom stereocenters. The van der Waals surface area contributed by atoms with E-state index in [2.05, 4.69) is 10.0 Å². The van der Waals surface area contributed by atoms with E-state index in [1.807, 2.05) is 6.07 Å². The Balaban J connectivity index is 1.19. The molecule has 4 aromatic rings. The van der Waals surface area contributed by atoms with Crippen molar-refractivity contribution in [3.63, 3.8) is 0 Å². The molecular weight excluding hydrogens is 591 g/mol. The number of nitrogens with one attached hydrogen (secondary N) is 2.